The van der Waals surface area contributed by atoms with Gasteiger partial charge in [0.2, 0.25) is 0 Å². The van der Waals surface area contributed by atoms with E-state index in [-0.39, 0.29) is 4.90 Å². The van der Waals surface area contributed by atoms with Gasteiger partial charge in [-0.3, -0.25) is 4.72 Å². The van der Waals surface area contributed by atoms with Crippen molar-refractivity contribution >= 4 is 15.8 Å². The summed E-state index contributed by atoms with van der Waals surface area (Å²) >= 11 is 0. The van der Waals surface area contributed by atoms with E-state index in [4.69, 9.17) is 0 Å². The number of hydrogen-bond donors (Lipinski definition) is 3. The largest absolute Gasteiger partial charge is 0.363 e. The van der Waals surface area contributed by atoms with E-state index in [1.807, 2.05) is 6.92 Å². The molecule has 102 valence electrons. The molecule has 0 aliphatic rings. The minimum Gasteiger partial charge on any atom is -0.363 e. The number of nitrogens with one attached hydrogen (secondary N) is 3. The highest BCUT2D eigenvalue weighted by Gasteiger charge is 2.16. The molecule has 0 aliphatic heterocycles. The maximum absolute atomic E-state index is 12.1. The number of hydrogen-bond acceptors (Lipinski definition) is 4. The summed E-state index contributed by atoms with van der Waals surface area (Å²) in [5.74, 6) is 0.303. The minimum absolute atomic E-state index is 0.200. The van der Waals surface area contributed by atoms with Gasteiger partial charge in [0.15, 0.2) is 0 Å². The van der Waals surface area contributed by atoms with Crippen LogP contribution in [0.25, 0.3) is 0 Å². The number of sulfonamides is 1. The second-order valence-corrected chi connectivity index (χ2v) is 5.64. The van der Waals surface area contributed by atoms with Crippen molar-refractivity contribution in [2.24, 2.45) is 0 Å². The lowest BCUT2D eigenvalue weighted by atomic mass is 10.4. The molecule has 0 fully saturated rings. The molecule has 0 radical (unpaired) electrons. The number of nitrogens with zero attached hydrogens (tertiary/aromatic N) is 1. The molecule has 0 saturated carbocycles. The Hall–Kier alpha value is -1.86. The molecule has 0 atom stereocenters. The van der Waals surface area contributed by atoms with E-state index in [9.17, 15) is 8.42 Å². The Balaban J connectivity index is 2.13. The molecule has 0 bridgehead atoms. The highest BCUT2D eigenvalue weighted by molar-refractivity contribution is 7.92. The van der Waals surface area contributed by atoms with Crippen LogP contribution in [-0.4, -0.2) is 24.9 Å². The first-order valence-corrected chi connectivity index (χ1v) is 7.42. The van der Waals surface area contributed by atoms with Gasteiger partial charge in [-0.15, -0.1) is 0 Å². The zero-order valence-corrected chi connectivity index (χ0v) is 11.4. The van der Waals surface area contributed by atoms with Crippen LogP contribution in [0.5, 0.6) is 0 Å². The van der Waals surface area contributed by atoms with Crippen LogP contribution in [-0.2, 0) is 16.6 Å². The van der Waals surface area contributed by atoms with Gasteiger partial charge < -0.3 is 10.3 Å². The van der Waals surface area contributed by atoms with Gasteiger partial charge in [0.1, 0.15) is 10.7 Å². The van der Waals surface area contributed by atoms with Crippen molar-refractivity contribution in [3.8, 4) is 0 Å². The summed E-state index contributed by atoms with van der Waals surface area (Å²) in [6, 6.07) is 6.65. The maximum Gasteiger partial charge on any atom is 0.264 e. The summed E-state index contributed by atoms with van der Waals surface area (Å²) in [6.07, 6.45) is 3.00. The lowest BCUT2D eigenvalue weighted by molar-refractivity contribution is 0.601. The van der Waals surface area contributed by atoms with Crippen LogP contribution < -0.4 is 10.0 Å². The van der Waals surface area contributed by atoms with Crippen molar-refractivity contribution < 1.29 is 8.42 Å². The van der Waals surface area contributed by atoms with Crippen LogP contribution in [0.4, 0.5) is 5.82 Å². The second kappa shape index (κ2) is 5.85. The van der Waals surface area contributed by atoms with E-state index < -0.39 is 10.0 Å². The monoisotopic (exact) mass is 280 g/mol. The molecular formula is C12H16N4O2S. The molecule has 3 N–H and O–H groups in total. The number of aromatic amines is 1. The fourth-order valence-corrected chi connectivity index (χ4v) is 2.58. The normalized spacial score (nSPS) is 11.4. The first-order valence-electron chi connectivity index (χ1n) is 5.93. The third-order valence-electron chi connectivity index (χ3n) is 2.50. The molecule has 6 nitrogen and oxygen atoms in total. The van der Waals surface area contributed by atoms with Gasteiger partial charge in [-0.25, -0.2) is 13.4 Å². The molecule has 19 heavy (non-hydrogen) atoms. The number of H-pyrrole nitrogens is 1. The van der Waals surface area contributed by atoms with E-state index in [0.717, 1.165) is 12.2 Å². The number of anilines is 1. The van der Waals surface area contributed by atoms with Crippen LogP contribution in [0.3, 0.4) is 0 Å². The predicted molar refractivity (Wildman–Crippen MR) is 73.2 cm³/mol. The van der Waals surface area contributed by atoms with E-state index in [2.05, 4.69) is 20.0 Å². The quantitative estimate of drug-likeness (QED) is 0.745. The summed E-state index contributed by atoms with van der Waals surface area (Å²) in [7, 11) is -3.59. The van der Waals surface area contributed by atoms with Crippen molar-refractivity contribution in [3.05, 3.63) is 42.4 Å². The maximum atomic E-state index is 12.1. The lowest BCUT2D eigenvalue weighted by Crippen LogP contribution is -2.13. The Bertz CT molecular complexity index is 622. The smallest absolute Gasteiger partial charge is 0.264 e. The molecule has 0 spiro atoms. The standard InChI is InChI=1S/C12H16N4O2S/c1-2-13-8-10-7-11(9-15-10)19(17,18)16-12-5-3-4-6-14-12/h3-7,9,13,15H,2,8H2,1H3,(H,14,16). The average molecular weight is 280 g/mol. The van der Waals surface area contributed by atoms with Gasteiger partial charge in [0, 0.05) is 24.6 Å². The van der Waals surface area contributed by atoms with Crippen molar-refractivity contribution in [2.75, 3.05) is 11.3 Å². The van der Waals surface area contributed by atoms with Gasteiger partial charge in [0.05, 0.1) is 0 Å². The summed E-state index contributed by atoms with van der Waals surface area (Å²) in [4.78, 5) is 7.06. The number of aromatic nitrogens is 2. The molecule has 0 saturated heterocycles. The third kappa shape index (κ3) is 3.55. The van der Waals surface area contributed by atoms with Gasteiger partial charge >= 0.3 is 0 Å². The highest BCUT2D eigenvalue weighted by atomic mass is 32.2. The number of rotatable bonds is 6. The summed E-state index contributed by atoms with van der Waals surface area (Å²) < 4.78 is 26.6. The van der Waals surface area contributed by atoms with Crippen LogP contribution in [0, 0.1) is 0 Å². The van der Waals surface area contributed by atoms with Gasteiger partial charge in [-0.2, -0.15) is 0 Å². The molecule has 2 heterocycles. The molecule has 0 aliphatic carbocycles. The molecule has 2 rings (SSSR count). The summed E-state index contributed by atoms with van der Waals surface area (Å²) in [5, 5.41) is 3.12. The van der Waals surface area contributed by atoms with Crippen molar-refractivity contribution in [1.82, 2.24) is 15.3 Å². The topological polar surface area (TPSA) is 86.9 Å². The Labute approximate surface area is 112 Å². The van der Waals surface area contributed by atoms with E-state index in [1.54, 1.807) is 24.3 Å². The van der Waals surface area contributed by atoms with Crippen molar-refractivity contribution in [3.63, 3.8) is 0 Å². The van der Waals surface area contributed by atoms with Crippen LogP contribution in [0.2, 0.25) is 0 Å². The Kier molecular flexibility index (Phi) is 4.18. The molecule has 0 aromatic carbocycles. The fraction of sp³-hybridized carbons (Fsp3) is 0.250. The average Bonchev–Trinajstić information content (AvgIpc) is 2.86. The molecule has 0 unspecified atom stereocenters. The molecule has 0 amide bonds. The number of pyridine rings is 1. The SMILES string of the molecule is CCNCc1cc(S(=O)(=O)Nc2ccccn2)c[nH]1. The molecule has 7 heteroatoms. The molecule has 2 aromatic heterocycles. The predicted octanol–water partition coefficient (Wildman–Crippen LogP) is 1.32. The Morgan fingerprint density at radius 2 is 2.21 bits per heavy atom. The van der Waals surface area contributed by atoms with E-state index in [0.29, 0.717) is 12.4 Å². The fourth-order valence-electron chi connectivity index (χ4n) is 1.56. The highest BCUT2D eigenvalue weighted by Crippen LogP contribution is 2.14. The van der Waals surface area contributed by atoms with Crippen molar-refractivity contribution in [1.29, 1.82) is 0 Å². The zero-order chi connectivity index (χ0) is 13.7. The second-order valence-electron chi connectivity index (χ2n) is 3.96. The first kappa shape index (κ1) is 13.6. The van der Waals surface area contributed by atoms with Crippen molar-refractivity contribution in [2.45, 2.75) is 18.4 Å². The van der Waals surface area contributed by atoms with Gasteiger partial charge in [-0.1, -0.05) is 13.0 Å². The van der Waals surface area contributed by atoms with E-state index >= 15 is 0 Å². The van der Waals surface area contributed by atoms with Crippen LogP contribution in [0.15, 0.2) is 41.6 Å². The van der Waals surface area contributed by atoms with Crippen LogP contribution >= 0.6 is 0 Å². The van der Waals surface area contributed by atoms with Gasteiger partial charge in [-0.05, 0) is 24.7 Å². The van der Waals surface area contributed by atoms with Crippen LogP contribution in [0.1, 0.15) is 12.6 Å². The summed E-state index contributed by atoms with van der Waals surface area (Å²) in [5.41, 5.74) is 0.822. The molecule has 2 aromatic rings. The Morgan fingerprint density at radius 1 is 1.37 bits per heavy atom. The third-order valence-corrected chi connectivity index (χ3v) is 3.83. The van der Waals surface area contributed by atoms with Gasteiger partial charge in [0.25, 0.3) is 10.0 Å². The molecular weight excluding hydrogens is 264 g/mol. The zero-order valence-electron chi connectivity index (χ0n) is 10.6. The summed E-state index contributed by atoms with van der Waals surface area (Å²) in [6.45, 7) is 3.42. The minimum atomic E-state index is -3.59. The first-order chi connectivity index (χ1) is 9.12. The lowest BCUT2D eigenvalue weighted by Gasteiger charge is -2.04. The Morgan fingerprint density at radius 3 is 2.89 bits per heavy atom. The van der Waals surface area contributed by atoms with E-state index in [1.165, 1.54) is 12.4 Å².